The van der Waals surface area contributed by atoms with Crippen LogP contribution in [0.1, 0.15) is 10.5 Å². The third-order valence-electron chi connectivity index (χ3n) is 2.71. The average molecular weight is 272 g/mol. The second-order valence-corrected chi connectivity index (χ2v) is 3.92. The number of ether oxygens (including phenoxy) is 1. The molecule has 1 amide bonds. The highest BCUT2D eigenvalue weighted by atomic mass is 35.5. The molecule has 6 heteroatoms. The van der Waals surface area contributed by atoms with Gasteiger partial charge in [-0.3, -0.25) is 14.7 Å². The Morgan fingerprint density at radius 2 is 2.17 bits per heavy atom. The molecule has 100 valence electrons. The van der Waals surface area contributed by atoms with Gasteiger partial charge in [-0.25, -0.2) is 0 Å². The molecule has 0 atom stereocenters. The molecule has 1 saturated heterocycles. The Bertz CT molecular complexity index is 356. The van der Waals surface area contributed by atoms with Gasteiger partial charge < -0.3 is 10.1 Å². The predicted octanol–water partition coefficient (Wildman–Crippen LogP) is 0.565. The van der Waals surface area contributed by atoms with Gasteiger partial charge in [0.2, 0.25) is 0 Å². The molecule has 2 heterocycles. The van der Waals surface area contributed by atoms with Gasteiger partial charge >= 0.3 is 0 Å². The Morgan fingerprint density at radius 1 is 1.39 bits per heavy atom. The Kier molecular flexibility index (Phi) is 6.64. The zero-order chi connectivity index (χ0) is 11.9. The molecule has 0 saturated carbocycles. The summed E-state index contributed by atoms with van der Waals surface area (Å²) in [6.45, 7) is 4.97. The van der Waals surface area contributed by atoms with Gasteiger partial charge in [0.1, 0.15) is 5.69 Å². The lowest BCUT2D eigenvalue weighted by Gasteiger charge is -2.26. The van der Waals surface area contributed by atoms with E-state index in [0.717, 1.165) is 32.8 Å². The molecule has 5 nitrogen and oxygen atoms in total. The van der Waals surface area contributed by atoms with Crippen LogP contribution in [0.5, 0.6) is 0 Å². The van der Waals surface area contributed by atoms with Gasteiger partial charge in [0.15, 0.2) is 0 Å². The molecule has 2 rings (SSSR count). The minimum absolute atomic E-state index is 0. The van der Waals surface area contributed by atoms with E-state index in [0.29, 0.717) is 12.2 Å². The van der Waals surface area contributed by atoms with Gasteiger partial charge in [0.05, 0.1) is 13.2 Å². The molecule has 18 heavy (non-hydrogen) atoms. The number of pyridine rings is 1. The fourth-order valence-corrected chi connectivity index (χ4v) is 1.74. The van der Waals surface area contributed by atoms with E-state index in [2.05, 4.69) is 15.2 Å². The lowest BCUT2D eigenvalue weighted by atomic mass is 10.3. The van der Waals surface area contributed by atoms with Crippen LogP contribution in [-0.2, 0) is 4.74 Å². The molecule has 1 N–H and O–H groups in total. The minimum atomic E-state index is -0.112. The van der Waals surface area contributed by atoms with E-state index in [4.69, 9.17) is 4.74 Å². The minimum Gasteiger partial charge on any atom is -0.379 e. The second kappa shape index (κ2) is 8.02. The van der Waals surface area contributed by atoms with Gasteiger partial charge in [-0.2, -0.15) is 0 Å². The summed E-state index contributed by atoms with van der Waals surface area (Å²) in [5.74, 6) is -0.112. The van der Waals surface area contributed by atoms with Crippen LogP contribution in [0.4, 0.5) is 0 Å². The van der Waals surface area contributed by atoms with Gasteiger partial charge in [-0.1, -0.05) is 6.07 Å². The standard InChI is InChI=1S/C12H17N3O2.ClH/c16-12(11-3-1-2-4-13-11)14-5-6-15-7-9-17-10-8-15;/h1-4H,5-10H2,(H,14,16);1H. The molecule has 1 aliphatic rings. The van der Waals surface area contributed by atoms with Crippen molar-refractivity contribution in [1.82, 2.24) is 15.2 Å². The summed E-state index contributed by atoms with van der Waals surface area (Å²) in [7, 11) is 0. The van der Waals surface area contributed by atoms with Crippen LogP contribution < -0.4 is 5.32 Å². The summed E-state index contributed by atoms with van der Waals surface area (Å²) >= 11 is 0. The summed E-state index contributed by atoms with van der Waals surface area (Å²) in [6, 6.07) is 5.32. The summed E-state index contributed by atoms with van der Waals surface area (Å²) < 4.78 is 5.26. The number of halogens is 1. The maximum Gasteiger partial charge on any atom is 0.269 e. The predicted molar refractivity (Wildman–Crippen MR) is 71.1 cm³/mol. The highest BCUT2D eigenvalue weighted by Crippen LogP contribution is 1.96. The number of hydrogen-bond donors (Lipinski definition) is 1. The molecule has 0 aliphatic carbocycles. The van der Waals surface area contributed by atoms with E-state index >= 15 is 0 Å². The van der Waals surface area contributed by atoms with Gasteiger partial charge in [-0.15, -0.1) is 12.4 Å². The first-order valence-corrected chi connectivity index (χ1v) is 5.85. The Hall–Kier alpha value is -1.17. The number of rotatable bonds is 4. The first-order valence-electron chi connectivity index (χ1n) is 5.85. The molecule has 1 aliphatic heterocycles. The number of aromatic nitrogens is 1. The third kappa shape index (κ3) is 4.60. The van der Waals surface area contributed by atoms with Crippen molar-refractivity contribution in [2.24, 2.45) is 0 Å². The van der Waals surface area contributed by atoms with Crippen molar-refractivity contribution in [3.63, 3.8) is 0 Å². The monoisotopic (exact) mass is 271 g/mol. The molecule has 1 fully saturated rings. The third-order valence-corrected chi connectivity index (χ3v) is 2.71. The summed E-state index contributed by atoms with van der Waals surface area (Å²) in [5, 5.41) is 2.86. The summed E-state index contributed by atoms with van der Waals surface area (Å²) in [5.41, 5.74) is 0.467. The topological polar surface area (TPSA) is 54.5 Å². The van der Waals surface area contributed by atoms with Crippen molar-refractivity contribution in [3.8, 4) is 0 Å². The van der Waals surface area contributed by atoms with Crippen LogP contribution in [0.2, 0.25) is 0 Å². The van der Waals surface area contributed by atoms with E-state index in [9.17, 15) is 4.79 Å². The average Bonchev–Trinajstić information content (AvgIpc) is 2.41. The lowest BCUT2D eigenvalue weighted by molar-refractivity contribution is 0.0383. The van der Waals surface area contributed by atoms with Crippen LogP contribution >= 0.6 is 12.4 Å². The SMILES string of the molecule is Cl.O=C(NCCN1CCOCC1)c1ccccn1. The van der Waals surface area contributed by atoms with Crippen molar-refractivity contribution < 1.29 is 9.53 Å². The Morgan fingerprint density at radius 3 is 2.83 bits per heavy atom. The van der Waals surface area contributed by atoms with Crippen molar-refractivity contribution in [1.29, 1.82) is 0 Å². The number of morpholine rings is 1. The second-order valence-electron chi connectivity index (χ2n) is 3.92. The zero-order valence-corrected chi connectivity index (χ0v) is 11.0. The van der Waals surface area contributed by atoms with Crippen LogP contribution in [0.3, 0.4) is 0 Å². The molecule has 0 radical (unpaired) electrons. The lowest BCUT2D eigenvalue weighted by Crippen LogP contribution is -2.41. The normalized spacial score (nSPS) is 15.8. The largest absolute Gasteiger partial charge is 0.379 e. The first-order chi connectivity index (χ1) is 8.36. The van der Waals surface area contributed by atoms with E-state index in [1.54, 1.807) is 18.3 Å². The van der Waals surface area contributed by atoms with E-state index in [1.807, 2.05) is 6.07 Å². The molecule has 1 aromatic heterocycles. The quantitative estimate of drug-likeness (QED) is 0.870. The smallest absolute Gasteiger partial charge is 0.269 e. The number of hydrogen-bond acceptors (Lipinski definition) is 4. The highest BCUT2D eigenvalue weighted by molar-refractivity contribution is 5.92. The number of carbonyl (C=O) groups excluding carboxylic acids is 1. The maximum atomic E-state index is 11.7. The van der Waals surface area contributed by atoms with Crippen molar-refractivity contribution in [3.05, 3.63) is 30.1 Å². The Labute approximate surface area is 113 Å². The summed E-state index contributed by atoms with van der Waals surface area (Å²) in [6.07, 6.45) is 1.62. The van der Waals surface area contributed by atoms with E-state index in [1.165, 1.54) is 0 Å². The summed E-state index contributed by atoms with van der Waals surface area (Å²) in [4.78, 5) is 17.9. The number of amides is 1. The molecule has 0 aromatic carbocycles. The fourth-order valence-electron chi connectivity index (χ4n) is 1.74. The molecular weight excluding hydrogens is 254 g/mol. The van der Waals surface area contributed by atoms with Crippen LogP contribution in [0, 0.1) is 0 Å². The number of carbonyl (C=O) groups is 1. The number of nitrogens with one attached hydrogen (secondary N) is 1. The molecule has 0 spiro atoms. The van der Waals surface area contributed by atoms with Crippen LogP contribution in [-0.4, -0.2) is 55.2 Å². The fraction of sp³-hybridized carbons (Fsp3) is 0.500. The van der Waals surface area contributed by atoms with Gasteiger partial charge in [0.25, 0.3) is 5.91 Å². The first kappa shape index (κ1) is 14.9. The molecule has 1 aromatic rings. The zero-order valence-electron chi connectivity index (χ0n) is 10.2. The van der Waals surface area contributed by atoms with Gasteiger partial charge in [0, 0.05) is 32.4 Å². The maximum absolute atomic E-state index is 11.7. The van der Waals surface area contributed by atoms with Crippen LogP contribution in [0.25, 0.3) is 0 Å². The van der Waals surface area contributed by atoms with Crippen molar-refractivity contribution >= 4 is 18.3 Å². The molecule has 0 bridgehead atoms. The Balaban J connectivity index is 0.00000162. The van der Waals surface area contributed by atoms with Crippen molar-refractivity contribution in [2.75, 3.05) is 39.4 Å². The highest BCUT2D eigenvalue weighted by Gasteiger charge is 2.10. The van der Waals surface area contributed by atoms with Crippen molar-refractivity contribution in [2.45, 2.75) is 0 Å². The van der Waals surface area contributed by atoms with Gasteiger partial charge in [-0.05, 0) is 12.1 Å². The molecular formula is C12H18ClN3O2. The van der Waals surface area contributed by atoms with E-state index < -0.39 is 0 Å². The van der Waals surface area contributed by atoms with Crippen LogP contribution in [0.15, 0.2) is 24.4 Å². The van der Waals surface area contributed by atoms with E-state index in [-0.39, 0.29) is 18.3 Å². The number of nitrogens with zero attached hydrogens (tertiary/aromatic N) is 2. The molecule has 0 unspecified atom stereocenters.